The molecule has 0 aromatic carbocycles. The second-order valence-electron chi connectivity index (χ2n) is 3.84. The first-order chi connectivity index (χ1) is 5.61. The molecule has 1 nitrogen and oxygen atoms in total. The van der Waals surface area contributed by atoms with Crippen LogP contribution < -0.4 is 0 Å². The summed E-state index contributed by atoms with van der Waals surface area (Å²) in [5, 5.41) is 1.11. The monoisotopic (exact) mass is 235 g/mol. The van der Waals surface area contributed by atoms with Gasteiger partial charge >= 0.3 is 0 Å². The molecule has 2 atom stereocenters. The van der Waals surface area contributed by atoms with Gasteiger partial charge in [-0.05, 0) is 26.3 Å². The summed E-state index contributed by atoms with van der Waals surface area (Å²) in [6, 6.07) is 0.733. The van der Waals surface area contributed by atoms with Crippen LogP contribution in [0.5, 0.6) is 0 Å². The summed E-state index contributed by atoms with van der Waals surface area (Å²) in [6.07, 6.45) is 2.60. The molecule has 0 saturated heterocycles. The van der Waals surface area contributed by atoms with E-state index in [1.807, 2.05) is 0 Å². The molecule has 0 fully saturated rings. The summed E-state index contributed by atoms with van der Waals surface area (Å²) in [5.41, 5.74) is 0. The van der Waals surface area contributed by atoms with E-state index in [1.54, 1.807) is 0 Å². The van der Waals surface area contributed by atoms with Gasteiger partial charge in [0.05, 0.1) is 0 Å². The van der Waals surface area contributed by atoms with Gasteiger partial charge in [0.15, 0.2) is 0 Å². The summed E-state index contributed by atoms with van der Waals surface area (Å²) in [7, 11) is 2.22. The van der Waals surface area contributed by atoms with Gasteiger partial charge in [0, 0.05) is 17.9 Å². The number of hydrogen-bond donors (Lipinski definition) is 0. The number of rotatable bonds is 6. The zero-order valence-electron chi connectivity index (χ0n) is 8.81. The molecule has 0 aliphatic heterocycles. The first-order valence-corrected chi connectivity index (χ1v) is 6.00. The van der Waals surface area contributed by atoms with E-state index >= 15 is 0 Å². The van der Waals surface area contributed by atoms with Gasteiger partial charge in [0.2, 0.25) is 0 Å². The van der Waals surface area contributed by atoms with Crippen molar-refractivity contribution in [3.05, 3.63) is 0 Å². The van der Waals surface area contributed by atoms with Crippen molar-refractivity contribution in [2.75, 3.05) is 18.9 Å². The third-order valence-electron chi connectivity index (χ3n) is 2.32. The minimum absolute atomic E-state index is 0.733. The minimum atomic E-state index is 0.733. The van der Waals surface area contributed by atoms with Gasteiger partial charge in [0.25, 0.3) is 0 Å². The first-order valence-electron chi connectivity index (χ1n) is 4.88. The van der Waals surface area contributed by atoms with Gasteiger partial charge in [-0.15, -0.1) is 0 Å². The second kappa shape index (κ2) is 6.90. The topological polar surface area (TPSA) is 3.24 Å². The molecule has 0 aliphatic carbocycles. The fourth-order valence-electron chi connectivity index (χ4n) is 1.36. The van der Waals surface area contributed by atoms with Crippen molar-refractivity contribution >= 4 is 15.9 Å². The van der Waals surface area contributed by atoms with Crippen LogP contribution in [0.25, 0.3) is 0 Å². The number of nitrogens with zero attached hydrogens (tertiary/aromatic N) is 1. The molecule has 2 unspecified atom stereocenters. The Balaban J connectivity index is 3.62. The maximum absolute atomic E-state index is 3.50. The molecule has 0 amide bonds. The Hall–Kier alpha value is 0.440. The molecule has 0 radical (unpaired) electrons. The highest BCUT2D eigenvalue weighted by Gasteiger charge is 2.10. The number of hydrogen-bond acceptors (Lipinski definition) is 1. The zero-order chi connectivity index (χ0) is 9.56. The highest BCUT2D eigenvalue weighted by molar-refractivity contribution is 9.09. The molecule has 0 spiro atoms. The van der Waals surface area contributed by atoms with Gasteiger partial charge in [-0.2, -0.15) is 0 Å². The summed E-state index contributed by atoms with van der Waals surface area (Å²) in [4.78, 5) is 2.45. The lowest BCUT2D eigenvalue weighted by atomic mass is 10.1. The van der Waals surface area contributed by atoms with E-state index in [1.165, 1.54) is 19.4 Å². The molecule has 0 saturated carbocycles. The highest BCUT2D eigenvalue weighted by Crippen LogP contribution is 2.08. The van der Waals surface area contributed by atoms with Gasteiger partial charge in [-0.25, -0.2) is 0 Å². The summed E-state index contributed by atoms with van der Waals surface area (Å²) < 4.78 is 0. The van der Waals surface area contributed by atoms with E-state index < -0.39 is 0 Å². The van der Waals surface area contributed by atoms with Crippen molar-refractivity contribution in [1.82, 2.24) is 4.90 Å². The Kier molecular flexibility index (Phi) is 7.16. The molecule has 0 N–H and O–H groups in total. The maximum atomic E-state index is 3.50. The fraction of sp³-hybridized carbons (Fsp3) is 1.00. The lowest BCUT2D eigenvalue weighted by Gasteiger charge is -2.26. The molecule has 12 heavy (non-hydrogen) atoms. The SMILES string of the molecule is CCCC(C)N(C)CC(C)CBr. The smallest absolute Gasteiger partial charge is 0.00692 e. The average molecular weight is 236 g/mol. The van der Waals surface area contributed by atoms with E-state index in [2.05, 4.69) is 48.6 Å². The van der Waals surface area contributed by atoms with Crippen LogP contribution in [0.1, 0.15) is 33.6 Å². The molecule has 0 bridgehead atoms. The van der Waals surface area contributed by atoms with Gasteiger partial charge < -0.3 is 4.90 Å². The lowest BCUT2D eigenvalue weighted by molar-refractivity contribution is 0.221. The molecule has 0 aliphatic rings. The van der Waals surface area contributed by atoms with Gasteiger partial charge in [0.1, 0.15) is 0 Å². The Morgan fingerprint density at radius 3 is 2.33 bits per heavy atom. The minimum Gasteiger partial charge on any atom is -0.303 e. The molecule has 0 rings (SSSR count). The van der Waals surface area contributed by atoms with E-state index in [-0.39, 0.29) is 0 Å². The van der Waals surface area contributed by atoms with Crippen LogP contribution in [0, 0.1) is 5.92 Å². The van der Waals surface area contributed by atoms with E-state index in [9.17, 15) is 0 Å². The Morgan fingerprint density at radius 1 is 1.33 bits per heavy atom. The van der Waals surface area contributed by atoms with E-state index in [0.29, 0.717) is 0 Å². The largest absolute Gasteiger partial charge is 0.303 e. The van der Waals surface area contributed by atoms with Crippen molar-refractivity contribution in [1.29, 1.82) is 0 Å². The van der Waals surface area contributed by atoms with Crippen LogP contribution in [0.3, 0.4) is 0 Å². The third kappa shape index (κ3) is 5.15. The van der Waals surface area contributed by atoms with Crippen LogP contribution in [0.2, 0.25) is 0 Å². The standard InChI is InChI=1S/C10H22BrN/c1-5-6-10(3)12(4)8-9(2)7-11/h9-10H,5-8H2,1-4H3. The van der Waals surface area contributed by atoms with Crippen molar-refractivity contribution in [2.24, 2.45) is 5.92 Å². The van der Waals surface area contributed by atoms with Crippen molar-refractivity contribution in [3.63, 3.8) is 0 Å². The molecule has 2 heteroatoms. The molecule has 0 aromatic rings. The Labute approximate surface area is 85.7 Å². The maximum Gasteiger partial charge on any atom is 0.00692 e. The predicted octanol–water partition coefficient (Wildman–Crippen LogP) is 3.14. The van der Waals surface area contributed by atoms with E-state index in [0.717, 1.165) is 17.3 Å². The normalized spacial score (nSPS) is 16.5. The molecule has 0 aromatic heterocycles. The quantitative estimate of drug-likeness (QED) is 0.640. The van der Waals surface area contributed by atoms with Crippen molar-refractivity contribution in [2.45, 2.75) is 39.7 Å². The summed E-state index contributed by atoms with van der Waals surface area (Å²) in [6.45, 7) is 8.04. The summed E-state index contributed by atoms with van der Waals surface area (Å²) in [5.74, 6) is 0.759. The van der Waals surface area contributed by atoms with Crippen LogP contribution in [-0.2, 0) is 0 Å². The van der Waals surface area contributed by atoms with Gasteiger partial charge in [-0.1, -0.05) is 36.2 Å². The highest BCUT2D eigenvalue weighted by atomic mass is 79.9. The van der Waals surface area contributed by atoms with Crippen LogP contribution in [0.4, 0.5) is 0 Å². The molecule has 0 heterocycles. The Morgan fingerprint density at radius 2 is 1.92 bits per heavy atom. The van der Waals surface area contributed by atoms with Crippen LogP contribution in [0.15, 0.2) is 0 Å². The fourth-order valence-corrected chi connectivity index (χ4v) is 1.56. The average Bonchev–Trinajstić information content (AvgIpc) is 2.04. The molecular weight excluding hydrogens is 214 g/mol. The van der Waals surface area contributed by atoms with Crippen molar-refractivity contribution in [3.8, 4) is 0 Å². The number of halogens is 1. The van der Waals surface area contributed by atoms with Crippen LogP contribution >= 0.6 is 15.9 Å². The Bertz CT molecular complexity index is 106. The van der Waals surface area contributed by atoms with E-state index in [4.69, 9.17) is 0 Å². The third-order valence-corrected chi connectivity index (χ3v) is 3.43. The first kappa shape index (κ1) is 12.4. The van der Waals surface area contributed by atoms with Crippen molar-refractivity contribution < 1.29 is 0 Å². The molecule has 74 valence electrons. The second-order valence-corrected chi connectivity index (χ2v) is 4.48. The van der Waals surface area contributed by atoms with Gasteiger partial charge in [-0.3, -0.25) is 0 Å². The zero-order valence-corrected chi connectivity index (χ0v) is 10.4. The summed E-state index contributed by atoms with van der Waals surface area (Å²) >= 11 is 3.50. The molecular formula is C10H22BrN. The number of alkyl halides is 1. The lowest BCUT2D eigenvalue weighted by Crippen LogP contribution is -2.33. The van der Waals surface area contributed by atoms with Crippen LogP contribution in [-0.4, -0.2) is 29.9 Å². The predicted molar refractivity (Wildman–Crippen MR) is 60.0 cm³/mol.